The normalized spacial score (nSPS) is 8.71. The van der Waals surface area contributed by atoms with Crippen LogP contribution in [0, 0.1) is 17.5 Å². The number of carbonyl (C=O) groups excluding carboxylic acids is 2. The Labute approximate surface area is 95.2 Å². The highest BCUT2D eigenvalue weighted by atomic mass is 19.2. The molecule has 0 bridgehead atoms. The lowest BCUT2D eigenvalue weighted by molar-refractivity contribution is -0.305. The molecule has 6 heteroatoms. The van der Waals surface area contributed by atoms with Gasteiger partial charge in [-0.05, 0) is 18.6 Å². The zero-order valence-electron chi connectivity index (χ0n) is 8.80. The molecule has 0 aliphatic carbocycles. The largest absolute Gasteiger partial charge is 0.550 e. The van der Waals surface area contributed by atoms with Crippen LogP contribution in [0.15, 0.2) is 12.1 Å². The van der Waals surface area contributed by atoms with Crippen LogP contribution in [0.3, 0.4) is 0 Å². The molecule has 0 aliphatic heterocycles. The topological polar surface area (TPSA) is 57.2 Å². The summed E-state index contributed by atoms with van der Waals surface area (Å²) >= 11 is 0. The summed E-state index contributed by atoms with van der Waals surface area (Å²) in [5.41, 5.74) is -0.704. The van der Waals surface area contributed by atoms with Crippen LogP contribution in [0.5, 0.6) is 0 Å². The van der Waals surface area contributed by atoms with Crippen molar-refractivity contribution in [1.29, 1.82) is 0 Å². The van der Waals surface area contributed by atoms with Crippen molar-refractivity contribution >= 4 is 18.0 Å². The minimum absolute atomic E-state index is 0.111. The second kappa shape index (κ2) is 7.24. The molecule has 0 N–H and O–H groups in total. The fourth-order valence-corrected chi connectivity index (χ4v) is 0.734. The Hall–Kier alpha value is -2.07. The van der Waals surface area contributed by atoms with Crippen LogP contribution in [-0.4, -0.2) is 11.9 Å². The van der Waals surface area contributed by atoms with E-state index in [1.54, 1.807) is 0 Å². The molecule has 0 aliphatic rings. The molecule has 0 amide bonds. The first-order valence-electron chi connectivity index (χ1n) is 4.48. The first kappa shape index (κ1) is 14.9. The van der Waals surface area contributed by atoms with Gasteiger partial charge in [0, 0.05) is 12.0 Å². The number of benzene rings is 1. The molecule has 0 saturated heterocycles. The SMILES string of the molecule is CCC(=O)[O-].O=C=Cc1c(F)ccc(F)c1F. The van der Waals surface area contributed by atoms with E-state index in [1.807, 2.05) is 0 Å². The minimum atomic E-state index is -1.38. The van der Waals surface area contributed by atoms with Crippen LogP contribution < -0.4 is 5.11 Å². The molecule has 3 nitrogen and oxygen atoms in total. The van der Waals surface area contributed by atoms with Crippen molar-refractivity contribution in [3.8, 4) is 0 Å². The predicted octanol–water partition coefficient (Wildman–Crippen LogP) is 1.09. The molecule has 0 spiro atoms. The summed E-state index contributed by atoms with van der Waals surface area (Å²) in [7, 11) is 0. The van der Waals surface area contributed by atoms with E-state index in [-0.39, 0.29) is 6.42 Å². The number of hydrogen-bond donors (Lipinski definition) is 0. The first-order chi connectivity index (χ1) is 7.93. The van der Waals surface area contributed by atoms with Gasteiger partial charge < -0.3 is 9.90 Å². The number of carbonyl (C=O) groups is 1. The summed E-state index contributed by atoms with van der Waals surface area (Å²) in [5.74, 6) is -3.39. The fraction of sp³-hybridized carbons (Fsp3) is 0.182. The molecule has 0 fully saturated rings. The number of rotatable bonds is 2. The molecule has 92 valence electrons. The van der Waals surface area contributed by atoms with E-state index in [2.05, 4.69) is 0 Å². The van der Waals surface area contributed by atoms with Crippen molar-refractivity contribution in [3.63, 3.8) is 0 Å². The Morgan fingerprint density at radius 2 is 1.82 bits per heavy atom. The highest BCUT2D eigenvalue weighted by molar-refractivity contribution is 5.75. The van der Waals surface area contributed by atoms with Crippen molar-refractivity contribution < 1.29 is 27.9 Å². The van der Waals surface area contributed by atoms with Gasteiger partial charge in [-0.2, -0.15) is 0 Å². The third-order valence-corrected chi connectivity index (χ3v) is 1.57. The average Bonchev–Trinajstić information content (AvgIpc) is 2.30. The summed E-state index contributed by atoms with van der Waals surface area (Å²) in [6.45, 7) is 1.54. The van der Waals surface area contributed by atoms with E-state index in [0.29, 0.717) is 12.1 Å². The van der Waals surface area contributed by atoms with Crippen molar-refractivity contribution in [2.45, 2.75) is 13.3 Å². The third-order valence-electron chi connectivity index (χ3n) is 1.57. The van der Waals surface area contributed by atoms with Gasteiger partial charge in [0.15, 0.2) is 11.6 Å². The molecule has 1 aromatic carbocycles. The lowest BCUT2D eigenvalue weighted by Gasteiger charge is -1.97. The monoisotopic (exact) mass is 245 g/mol. The van der Waals surface area contributed by atoms with Crippen LogP contribution in [0.25, 0.3) is 6.08 Å². The van der Waals surface area contributed by atoms with Gasteiger partial charge in [0.25, 0.3) is 0 Å². The van der Waals surface area contributed by atoms with E-state index in [9.17, 15) is 27.9 Å². The van der Waals surface area contributed by atoms with Gasteiger partial charge in [-0.25, -0.2) is 18.0 Å². The third kappa shape index (κ3) is 4.99. The van der Waals surface area contributed by atoms with Gasteiger partial charge >= 0.3 is 0 Å². The van der Waals surface area contributed by atoms with Gasteiger partial charge in [-0.3, -0.25) is 0 Å². The number of carboxylic acids is 1. The number of hydrogen-bond acceptors (Lipinski definition) is 3. The van der Waals surface area contributed by atoms with Crippen LogP contribution in [0.4, 0.5) is 13.2 Å². The van der Waals surface area contributed by atoms with Crippen molar-refractivity contribution in [2.75, 3.05) is 0 Å². The van der Waals surface area contributed by atoms with Gasteiger partial charge in [-0.1, -0.05) is 6.92 Å². The van der Waals surface area contributed by atoms with Crippen LogP contribution >= 0.6 is 0 Å². The maximum absolute atomic E-state index is 12.6. The maximum atomic E-state index is 12.6. The number of aliphatic carboxylic acids is 1. The molecule has 17 heavy (non-hydrogen) atoms. The van der Waals surface area contributed by atoms with Crippen LogP contribution in [-0.2, 0) is 9.59 Å². The van der Waals surface area contributed by atoms with E-state index >= 15 is 0 Å². The second-order valence-corrected chi connectivity index (χ2v) is 2.74. The Kier molecular flexibility index (Phi) is 6.36. The van der Waals surface area contributed by atoms with Crippen LogP contribution in [0.2, 0.25) is 0 Å². The van der Waals surface area contributed by atoms with Gasteiger partial charge in [0.2, 0.25) is 0 Å². The zero-order chi connectivity index (χ0) is 13.4. The average molecular weight is 245 g/mol. The van der Waals surface area contributed by atoms with E-state index in [4.69, 9.17) is 0 Å². The molecular weight excluding hydrogens is 237 g/mol. The van der Waals surface area contributed by atoms with E-state index in [0.717, 1.165) is 6.07 Å². The Bertz CT molecular complexity index is 452. The molecular formula is C11H8F3O3-. The zero-order valence-corrected chi connectivity index (χ0v) is 8.80. The van der Waals surface area contributed by atoms with Gasteiger partial charge in [0.1, 0.15) is 11.8 Å². The number of halogens is 3. The van der Waals surface area contributed by atoms with E-state index < -0.39 is 29.0 Å². The van der Waals surface area contributed by atoms with E-state index in [1.165, 1.54) is 12.9 Å². The second-order valence-electron chi connectivity index (χ2n) is 2.74. The summed E-state index contributed by atoms with van der Waals surface area (Å²) in [6, 6.07) is 1.38. The smallest absolute Gasteiger partial charge is 0.169 e. The molecule has 1 aromatic rings. The molecule has 0 aromatic heterocycles. The summed E-state index contributed by atoms with van der Waals surface area (Å²) in [5, 5.41) is 9.26. The molecule has 0 unspecified atom stereocenters. The predicted molar refractivity (Wildman–Crippen MR) is 51.8 cm³/mol. The molecule has 0 saturated carbocycles. The highest BCUT2D eigenvalue weighted by Gasteiger charge is 2.10. The lowest BCUT2D eigenvalue weighted by atomic mass is 10.2. The Morgan fingerprint density at radius 1 is 1.35 bits per heavy atom. The lowest BCUT2D eigenvalue weighted by Crippen LogP contribution is -2.19. The Morgan fingerprint density at radius 3 is 2.24 bits per heavy atom. The molecule has 0 heterocycles. The summed E-state index contributed by atoms with van der Waals surface area (Å²) in [6.07, 6.45) is 0.619. The van der Waals surface area contributed by atoms with Gasteiger partial charge in [0.05, 0.1) is 5.56 Å². The Balaban J connectivity index is 0.000000437. The summed E-state index contributed by atoms with van der Waals surface area (Å²) < 4.78 is 37.6. The standard InChI is InChI=1S/C8H3F3O.C3H6O2/c9-6-1-2-7(10)8(11)5(6)3-4-12;1-2-3(4)5/h1-3H;2H2,1H3,(H,4,5)/p-1. The molecule has 0 atom stereocenters. The van der Waals surface area contributed by atoms with Crippen molar-refractivity contribution in [2.24, 2.45) is 0 Å². The summed E-state index contributed by atoms with van der Waals surface area (Å²) in [4.78, 5) is 19.0. The molecule has 1 rings (SSSR count). The quantitative estimate of drug-likeness (QED) is 0.579. The van der Waals surface area contributed by atoms with Crippen LogP contribution in [0.1, 0.15) is 18.9 Å². The highest BCUT2D eigenvalue weighted by Crippen LogP contribution is 2.15. The number of carboxylic acid groups (broad SMARTS) is 1. The van der Waals surface area contributed by atoms with Crippen molar-refractivity contribution in [1.82, 2.24) is 0 Å². The first-order valence-corrected chi connectivity index (χ1v) is 4.48. The van der Waals surface area contributed by atoms with Gasteiger partial charge in [-0.15, -0.1) is 0 Å². The maximum Gasteiger partial charge on any atom is 0.169 e. The van der Waals surface area contributed by atoms with Crippen molar-refractivity contribution in [3.05, 3.63) is 35.1 Å². The fourth-order valence-electron chi connectivity index (χ4n) is 0.734. The molecule has 0 radical (unpaired) electrons. The minimum Gasteiger partial charge on any atom is -0.550 e.